The third kappa shape index (κ3) is 76.3. The lowest BCUT2D eigenvalue weighted by molar-refractivity contribution is -0.141. The topological polar surface area (TPSA) is 59.0 Å². The molecule has 0 rings (SSSR count). The number of rotatable bonds is 50. The van der Waals surface area contributed by atoms with E-state index in [-0.39, 0.29) is 5.97 Å². The van der Waals surface area contributed by atoms with Gasteiger partial charge in [-0.1, -0.05) is 286 Å². The number of esters is 1. The van der Waals surface area contributed by atoms with E-state index in [0.717, 1.165) is 42.6 Å². The Morgan fingerprint density at radius 2 is 0.516 bits per heavy atom. The monoisotopic (exact) mass is 1020 g/mol. The molecule has 0 aromatic heterocycles. The number of carbonyl (C=O) groups is 1. The highest BCUT2D eigenvalue weighted by Crippen LogP contribution is 2.15. The molecule has 64 heavy (non-hydrogen) atoms. The highest BCUT2D eigenvalue weighted by Gasteiger charge is 2.05. The quantitative estimate of drug-likeness (QED) is 0.0374. The molecule has 0 saturated carbocycles. The van der Waals surface area contributed by atoms with Crippen LogP contribution in [0.3, 0.4) is 0 Å². The van der Waals surface area contributed by atoms with Crippen molar-refractivity contribution in [2.45, 2.75) is 331 Å². The molecule has 0 fully saturated rings. The van der Waals surface area contributed by atoms with Crippen molar-refractivity contribution in [3.05, 3.63) is 0 Å². The van der Waals surface area contributed by atoms with Crippen LogP contribution in [0.25, 0.3) is 0 Å². The summed E-state index contributed by atoms with van der Waals surface area (Å²) in [5, 5.41) is 0. The van der Waals surface area contributed by atoms with Gasteiger partial charge in [-0.25, -0.2) is 0 Å². The predicted octanol–water partition coefficient (Wildman–Crippen LogP) is 20.5. The average Bonchev–Trinajstić information content (AvgIpc) is 3.30. The zero-order valence-electron chi connectivity index (χ0n) is 45.4. The Labute approximate surface area is 419 Å². The van der Waals surface area contributed by atoms with Crippen molar-refractivity contribution >= 4 is 29.0 Å². The minimum atomic E-state index is -0.153. The molecule has 0 radical (unpaired) electrons. The second kappa shape index (κ2) is 72.1. The van der Waals surface area contributed by atoms with Crippen molar-refractivity contribution < 1.29 is 17.7 Å². The number of hydrogen-bond donors (Lipinski definition) is 1. The van der Waals surface area contributed by atoms with Gasteiger partial charge in [0, 0.05) is 20.1 Å². The number of halogens is 1. The van der Waals surface area contributed by atoms with E-state index in [9.17, 15) is 4.79 Å². The Hall–Kier alpha value is 0.0800. The summed E-state index contributed by atoms with van der Waals surface area (Å²) in [5.41, 5.74) is 0. The highest BCUT2D eigenvalue weighted by atomic mass is 127. The molecule has 0 aliphatic heterocycles. The summed E-state index contributed by atoms with van der Waals surface area (Å²) in [6.07, 6.45) is 61.1. The molecule has 6 heteroatoms. The molecule has 0 atom stereocenters. The Kier molecular flexibility index (Phi) is 79.5. The average molecular weight is 1020 g/mol. The van der Waals surface area contributed by atoms with Crippen LogP contribution in [-0.2, 0) is 14.3 Å². The van der Waals surface area contributed by atoms with Crippen LogP contribution in [0.2, 0.25) is 0 Å². The molecular formula is C58H122INO4. The molecule has 390 valence electrons. The molecule has 0 amide bonds. The molecule has 0 bridgehead atoms. The standard InChI is InChI=1S/C30H61NO2.C17H36O.C11H24.HIO/c1-4-6-8-9-10-11-12-13-14-15-16-17-18-19-20-23-27-31(26-7-5-2)28-24-21-22-25-29-33-30(3)32;1-3-5-7-9-10-11-13-15-17-18-16-14-12-8-6-4-2;1-3-5-7-9-11-10-8-6-4-2;1-2/h4-29H2,1-3H3;3-17H2,1-2H3;3-11H2,1-2H3;2H. The van der Waals surface area contributed by atoms with Crippen LogP contribution >= 0.6 is 23.0 Å². The summed E-state index contributed by atoms with van der Waals surface area (Å²) in [7, 11) is 0. The first-order valence-electron chi connectivity index (χ1n) is 29.1. The minimum Gasteiger partial charge on any atom is -0.466 e. The zero-order chi connectivity index (χ0) is 47.9. The lowest BCUT2D eigenvalue weighted by Gasteiger charge is -2.22. The Morgan fingerprint density at radius 3 is 0.766 bits per heavy atom. The van der Waals surface area contributed by atoms with Gasteiger partial charge in [-0.05, 0) is 58.2 Å². The third-order valence-corrected chi connectivity index (χ3v) is 12.6. The van der Waals surface area contributed by atoms with E-state index < -0.39 is 0 Å². The number of carbonyl (C=O) groups excluding carboxylic acids is 1. The number of ether oxygens (including phenoxy) is 2. The maximum atomic E-state index is 10.8. The van der Waals surface area contributed by atoms with Crippen LogP contribution in [0.5, 0.6) is 0 Å². The van der Waals surface area contributed by atoms with Gasteiger partial charge >= 0.3 is 5.97 Å². The highest BCUT2D eigenvalue weighted by molar-refractivity contribution is 14.1. The molecule has 1 N–H and O–H groups in total. The van der Waals surface area contributed by atoms with Gasteiger partial charge in [-0.2, -0.15) is 0 Å². The first-order valence-corrected chi connectivity index (χ1v) is 30.1. The van der Waals surface area contributed by atoms with Gasteiger partial charge in [0.15, 0.2) is 0 Å². The molecule has 0 aliphatic rings. The summed E-state index contributed by atoms with van der Waals surface area (Å²) in [4.78, 5) is 13.5. The summed E-state index contributed by atoms with van der Waals surface area (Å²) < 4.78 is 17.6. The van der Waals surface area contributed by atoms with E-state index in [1.807, 2.05) is 0 Å². The Balaban J connectivity index is -0.000000482. The second-order valence-electron chi connectivity index (χ2n) is 19.2. The minimum absolute atomic E-state index is 0.153. The molecule has 0 spiro atoms. The Morgan fingerprint density at radius 1 is 0.312 bits per heavy atom. The Bertz CT molecular complexity index is 732. The molecule has 0 aliphatic carbocycles. The van der Waals surface area contributed by atoms with Crippen LogP contribution in [0, 0.1) is 0 Å². The van der Waals surface area contributed by atoms with Gasteiger partial charge < -0.3 is 17.8 Å². The number of unbranched alkanes of at least 4 members (excludes halogenated alkanes) is 38. The molecule has 0 aromatic carbocycles. The van der Waals surface area contributed by atoms with Crippen molar-refractivity contribution in [3.63, 3.8) is 0 Å². The molecular weight excluding hydrogens is 902 g/mol. The summed E-state index contributed by atoms with van der Waals surface area (Å²) >= 11 is 1.15. The van der Waals surface area contributed by atoms with Crippen LogP contribution in [0.1, 0.15) is 331 Å². The fourth-order valence-corrected chi connectivity index (χ4v) is 8.24. The second-order valence-corrected chi connectivity index (χ2v) is 19.2. The summed E-state index contributed by atoms with van der Waals surface area (Å²) in [5.74, 6) is -0.153. The molecule has 0 heterocycles. The van der Waals surface area contributed by atoms with Crippen LogP contribution < -0.4 is 0 Å². The van der Waals surface area contributed by atoms with Crippen molar-refractivity contribution in [1.29, 1.82) is 0 Å². The molecule has 0 aromatic rings. The van der Waals surface area contributed by atoms with Crippen LogP contribution in [-0.4, -0.2) is 53.8 Å². The predicted molar refractivity (Wildman–Crippen MR) is 297 cm³/mol. The van der Waals surface area contributed by atoms with E-state index >= 15 is 0 Å². The van der Waals surface area contributed by atoms with Crippen LogP contribution in [0.15, 0.2) is 0 Å². The first kappa shape index (κ1) is 70.6. The SMILES string of the molecule is CCCCCCCCCCC.CCCCCCCCCCCCCCCCCCN(CCCC)CCCCCCOC(C)=O.CCCCCCCCCCOCCCCCCC.OI. The summed E-state index contributed by atoms with van der Waals surface area (Å²) in [6, 6.07) is 0. The summed E-state index contributed by atoms with van der Waals surface area (Å²) in [6.45, 7) is 21.5. The maximum Gasteiger partial charge on any atom is 0.302 e. The molecule has 0 unspecified atom stereocenters. The maximum absolute atomic E-state index is 10.8. The van der Waals surface area contributed by atoms with Gasteiger partial charge in [0.05, 0.1) is 6.61 Å². The lowest BCUT2D eigenvalue weighted by Crippen LogP contribution is -2.27. The fourth-order valence-electron chi connectivity index (χ4n) is 8.24. The van der Waals surface area contributed by atoms with E-state index in [1.165, 1.54) is 303 Å². The van der Waals surface area contributed by atoms with Crippen molar-refractivity contribution in [3.8, 4) is 0 Å². The van der Waals surface area contributed by atoms with Gasteiger partial charge in [0.1, 0.15) is 23.0 Å². The van der Waals surface area contributed by atoms with Crippen molar-refractivity contribution in [1.82, 2.24) is 4.90 Å². The lowest BCUT2D eigenvalue weighted by atomic mass is 10.0. The molecule has 5 nitrogen and oxygen atoms in total. The zero-order valence-corrected chi connectivity index (χ0v) is 47.5. The molecule has 0 saturated heterocycles. The van der Waals surface area contributed by atoms with Crippen LogP contribution in [0.4, 0.5) is 0 Å². The van der Waals surface area contributed by atoms with Gasteiger partial charge in [-0.3, -0.25) is 4.79 Å². The van der Waals surface area contributed by atoms with E-state index in [2.05, 4.69) is 46.4 Å². The van der Waals surface area contributed by atoms with Gasteiger partial charge in [0.2, 0.25) is 0 Å². The van der Waals surface area contributed by atoms with Gasteiger partial charge in [-0.15, -0.1) is 0 Å². The normalized spacial score (nSPS) is 10.8. The third-order valence-electron chi connectivity index (χ3n) is 12.6. The number of nitrogens with zero attached hydrogens (tertiary/aromatic N) is 1. The smallest absolute Gasteiger partial charge is 0.302 e. The first-order chi connectivity index (χ1) is 31.5. The van der Waals surface area contributed by atoms with E-state index in [4.69, 9.17) is 12.9 Å². The largest absolute Gasteiger partial charge is 0.466 e. The fraction of sp³-hybridized carbons (Fsp3) is 0.983. The van der Waals surface area contributed by atoms with Crippen molar-refractivity contribution in [2.24, 2.45) is 0 Å². The van der Waals surface area contributed by atoms with Gasteiger partial charge in [0.25, 0.3) is 0 Å². The van der Waals surface area contributed by atoms with E-state index in [0.29, 0.717) is 6.61 Å². The van der Waals surface area contributed by atoms with Crippen molar-refractivity contribution in [2.75, 3.05) is 39.5 Å². The van der Waals surface area contributed by atoms with E-state index in [1.54, 1.807) is 0 Å². The number of hydrogen-bond acceptors (Lipinski definition) is 5.